The summed E-state index contributed by atoms with van der Waals surface area (Å²) in [5.74, 6) is 1.26. The highest BCUT2D eigenvalue weighted by molar-refractivity contribution is 5.92. The average Bonchev–Trinajstić information content (AvgIpc) is 2.49. The second kappa shape index (κ2) is 9.09. The van der Waals surface area contributed by atoms with Crippen LogP contribution in [0.4, 0.5) is 18.9 Å². The fourth-order valence-corrected chi connectivity index (χ4v) is 1.66. The molecule has 0 saturated carbocycles. The van der Waals surface area contributed by atoms with E-state index in [4.69, 9.17) is 15.2 Å². The van der Waals surface area contributed by atoms with E-state index in [-0.39, 0.29) is 19.1 Å². The molecular formula is C14H20F3N3O3. The van der Waals surface area contributed by atoms with Crippen LogP contribution in [0.5, 0.6) is 11.5 Å². The Kier molecular flexibility index (Phi) is 7.46. The minimum atomic E-state index is -4.31. The number of aliphatic imine (C=N–C) groups is 1. The van der Waals surface area contributed by atoms with Gasteiger partial charge < -0.3 is 25.3 Å². The van der Waals surface area contributed by atoms with Crippen molar-refractivity contribution >= 4 is 11.6 Å². The summed E-state index contributed by atoms with van der Waals surface area (Å²) >= 11 is 0. The maximum Gasteiger partial charge on any atom is 0.411 e. The first kappa shape index (κ1) is 18.9. The third-order valence-corrected chi connectivity index (χ3v) is 2.65. The molecule has 0 atom stereocenters. The van der Waals surface area contributed by atoms with Gasteiger partial charge in [0.25, 0.3) is 0 Å². The van der Waals surface area contributed by atoms with Gasteiger partial charge in [0.2, 0.25) is 0 Å². The van der Waals surface area contributed by atoms with E-state index in [1.54, 1.807) is 18.2 Å². The van der Waals surface area contributed by atoms with Gasteiger partial charge in [0.15, 0.2) is 17.5 Å². The number of guanidine groups is 1. The summed E-state index contributed by atoms with van der Waals surface area (Å²) in [5.41, 5.74) is 6.35. The predicted molar refractivity (Wildman–Crippen MR) is 81.1 cm³/mol. The number of rotatable bonds is 8. The Labute approximate surface area is 132 Å². The van der Waals surface area contributed by atoms with Crippen molar-refractivity contribution in [3.05, 3.63) is 18.2 Å². The first-order valence-corrected chi connectivity index (χ1v) is 6.79. The monoisotopic (exact) mass is 335 g/mol. The van der Waals surface area contributed by atoms with Crippen LogP contribution in [0.3, 0.4) is 0 Å². The molecule has 6 nitrogen and oxygen atoms in total. The summed E-state index contributed by atoms with van der Waals surface area (Å²) in [6.45, 7) is -1.04. The Morgan fingerprint density at radius 1 is 1.22 bits per heavy atom. The SMILES string of the molecule is COc1ccc(NC(N)=NCCCOCC(F)(F)F)cc1OC. The number of halogens is 3. The molecule has 23 heavy (non-hydrogen) atoms. The third-order valence-electron chi connectivity index (χ3n) is 2.65. The van der Waals surface area contributed by atoms with Gasteiger partial charge >= 0.3 is 6.18 Å². The van der Waals surface area contributed by atoms with Gasteiger partial charge in [-0.25, -0.2) is 0 Å². The number of ether oxygens (including phenoxy) is 3. The largest absolute Gasteiger partial charge is 0.493 e. The second-order valence-corrected chi connectivity index (χ2v) is 4.48. The van der Waals surface area contributed by atoms with E-state index in [0.29, 0.717) is 23.6 Å². The predicted octanol–water partition coefficient (Wildman–Crippen LogP) is 2.40. The zero-order chi connectivity index (χ0) is 17.3. The van der Waals surface area contributed by atoms with Crippen molar-refractivity contribution in [2.45, 2.75) is 12.6 Å². The number of methoxy groups -OCH3 is 2. The molecule has 1 aromatic carbocycles. The van der Waals surface area contributed by atoms with Crippen molar-refractivity contribution in [3.63, 3.8) is 0 Å². The molecule has 9 heteroatoms. The summed E-state index contributed by atoms with van der Waals surface area (Å²) in [4.78, 5) is 4.00. The minimum Gasteiger partial charge on any atom is -0.493 e. The Bertz CT molecular complexity index is 522. The number of nitrogens with two attached hydrogens (primary N) is 1. The average molecular weight is 335 g/mol. The highest BCUT2D eigenvalue weighted by Crippen LogP contribution is 2.29. The first-order valence-electron chi connectivity index (χ1n) is 6.79. The molecule has 0 radical (unpaired) electrons. The first-order chi connectivity index (χ1) is 10.9. The fourth-order valence-electron chi connectivity index (χ4n) is 1.66. The standard InChI is InChI=1S/C14H20F3N3O3/c1-21-11-5-4-10(8-12(11)22-2)20-13(18)19-6-3-7-23-9-14(15,16)17/h4-5,8H,3,6-7,9H2,1-2H3,(H3,18,19,20). The second-order valence-electron chi connectivity index (χ2n) is 4.48. The van der Waals surface area contributed by atoms with Gasteiger partial charge in [-0.05, 0) is 18.6 Å². The van der Waals surface area contributed by atoms with Crippen LogP contribution in [0.2, 0.25) is 0 Å². The van der Waals surface area contributed by atoms with Gasteiger partial charge in [-0.15, -0.1) is 0 Å². The summed E-state index contributed by atoms with van der Waals surface area (Å²) < 4.78 is 50.3. The molecule has 0 spiro atoms. The number of nitrogens with one attached hydrogen (secondary N) is 1. The van der Waals surface area contributed by atoms with Crippen LogP contribution >= 0.6 is 0 Å². The molecule has 0 saturated heterocycles. The lowest BCUT2D eigenvalue weighted by atomic mass is 10.3. The van der Waals surface area contributed by atoms with Crippen LogP contribution in [0.15, 0.2) is 23.2 Å². The molecular weight excluding hydrogens is 315 g/mol. The summed E-state index contributed by atoms with van der Waals surface area (Å²) in [6, 6.07) is 5.13. The molecule has 0 heterocycles. The topological polar surface area (TPSA) is 78.1 Å². The molecule has 130 valence electrons. The number of hydrogen-bond donors (Lipinski definition) is 2. The Balaban J connectivity index is 2.39. The van der Waals surface area contributed by atoms with E-state index < -0.39 is 12.8 Å². The van der Waals surface area contributed by atoms with E-state index in [1.807, 2.05) is 0 Å². The van der Waals surface area contributed by atoms with E-state index in [2.05, 4.69) is 15.0 Å². The molecule has 3 N–H and O–H groups in total. The van der Waals surface area contributed by atoms with Crippen LogP contribution in [0.25, 0.3) is 0 Å². The molecule has 0 aliphatic heterocycles. The molecule has 0 unspecified atom stereocenters. The molecule has 1 aromatic rings. The smallest absolute Gasteiger partial charge is 0.411 e. The van der Waals surface area contributed by atoms with Crippen molar-refractivity contribution in [2.75, 3.05) is 39.3 Å². The Hall–Kier alpha value is -2.16. The Morgan fingerprint density at radius 3 is 2.52 bits per heavy atom. The van der Waals surface area contributed by atoms with Crippen molar-refractivity contribution in [1.82, 2.24) is 0 Å². The maximum absolute atomic E-state index is 11.8. The summed E-state index contributed by atoms with van der Waals surface area (Å²) in [7, 11) is 3.04. The molecule has 0 aliphatic carbocycles. The normalized spacial score (nSPS) is 12.1. The lowest BCUT2D eigenvalue weighted by Gasteiger charge is -2.11. The van der Waals surface area contributed by atoms with E-state index in [1.165, 1.54) is 14.2 Å². The quantitative estimate of drug-likeness (QED) is 0.433. The summed E-state index contributed by atoms with van der Waals surface area (Å²) in [6.07, 6.45) is -3.97. The lowest BCUT2D eigenvalue weighted by molar-refractivity contribution is -0.173. The van der Waals surface area contributed by atoms with Crippen LogP contribution in [-0.2, 0) is 4.74 Å². The van der Waals surface area contributed by atoms with Crippen LogP contribution in [0, 0.1) is 0 Å². The number of anilines is 1. The lowest BCUT2D eigenvalue weighted by Crippen LogP contribution is -2.23. The van der Waals surface area contributed by atoms with Crippen LogP contribution in [-0.4, -0.2) is 46.1 Å². The van der Waals surface area contributed by atoms with Crippen LogP contribution in [0.1, 0.15) is 6.42 Å². The molecule has 0 amide bonds. The zero-order valence-electron chi connectivity index (χ0n) is 12.9. The van der Waals surface area contributed by atoms with Gasteiger partial charge in [-0.3, -0.25) is 4.99 Å². The van der Waals surface area contributed by atoms with Gasteiger partial charge in [0, 0.05) is 24.9 Å². The molecule has 0 bridgehead atoms. The van der Waals surface area contributed by atoms with Crippen molar-refractivity contribution in [2.24, 2.45) is 10.7 Å². The number of nitrogens with zero attached hydrogens (tertiary/aromatic N) is 1. The molecule has 0 fully saturated rings. The van der Waals surface area contributed by atoms with E-state index in [9.17, 15) is 13.2 Å². The van der Waals surface area contributed by atoms with E-state index in [0.717, 1.165) is 0 Å². The molecule has 0 aromatic heterocycles. The van der Waals surface area contributed by atoms with Crippen molar-refractivity contribution < 1.29 is 27.4 Å². The molecule has 1 rings (SSSR count). The van der Waals surface area contributed by atoms with Crippen molar-refractivity contribution in [3.8, 4) is 11.5 Å². The van der Waals surface area contributed by atoms with Gasteiger partial charge in [-0.2, -0.15) is 13.2 Å². The fraction of sp³-hybridized carbons (Fsp3) is 0.500. The number of benzene rings is 1. The zero-order valence-corrected chi connectivity index (χ0v) is 12.9. The number of alkyl halides is 3. The maximum atomic E-state index is 11.8. The Morgan fingerprint density at radius 2 is 1.91 bits per heavy atom. The summed E-state index contributed by atoms with van der Waals surface area (Å²) in [5, 5.41) is 2.85. The minimum absolute atomic E-state index is 0.0351. The van der Waals surface area contributed by atoms with Gasteiger partial charge in [0.05, 0.1) is 14.2 Å². The van der Waals surface area contributed by atoms with Crippen LogP contribution < -0.4 is 20.5 Å². The van der Waals surface area contributed by atoms with Crippen molar-refractivity contribution in [1.29, 1.82) is 0 Å². The van der Waals surface area contributed by atoms with E-state index >= 15 is 0 Å². The molecule has 0 aliphatic rings. The van der Waals surface area contributed by atoms with Gasteiger partial charge in [-0.1, -0.05) is 0 Å². The van der Waals surface area contributed by atoms with Gasteiger partial charge in [0.1, 0.15) is 6.61 Å². The highest BCUT2D eigenvalue weighted by atomic mass is 19.4. The third kappa shape index (κ3) is 7.59. The highest BCUT2D eigenvalue weighted by Gasteiger charge is 2.27. The number of hydrogen-bond acceptors (Lipinski definition) is 4.